The second-order valence-electron chi connectivity index (χ2n) is 4.90. The number of ether oxygens (including phenoxy) is 1. The minimum Gasteiger partial charge on any atom is -0.380 e. The van der Waals surface area contributed by atoms with Crippen molar-refractivity contribution in [3.05, 3.63) is 29.8 Å². The molecule has 5 nitrogen and oxygen atoms in total. The molecule has 116 valence electrons. The molecule has 0 saturated heterocycles. The summed E-state index contributed by atoms with van der Waals surface area (Å²) in [6, 6.07) is 6.46. The average molecular weight is 310 g/mol. The minimum absolute atomic E-state index is 0.190. The van der Waals surface area contributed by atoms with Crippen LogP contribution in [0.2, 0.25) is 0 Å². The van der Waals surface area contributed by atoms with Crippen molar-refractivity contribution < 1.29 is 13.2 Å². The van der Waals surface area contributed by atoms with E-state index in [-0.39, 0.29) is 18.0 Å². The minimum atomic E-state index is -3.54. The first-order chi connectivity index (χ1) is 9.95. The van der Waals surface area contributed by atoms with E-state index in [1.54, 1.807) is 12.1 Å². The van der Waals surface area contributed by atoms with Crippen LogP contribution >= 0.6 is 0 Å². The van der Waals surface area contributed by atoms with Gasteiger partial charge < -0.3 is 10.5 Å². The van der Waals surface area contributed by atoms with Gasteiger partial charge in [0.2, 0.25) is 10.0 Å². The predicted molar refractivity (Wildman–Crippen MR) is 83.2 cm³/mol. The molecule has 0 unspecified atom stereocenters. The van der Waals surface area contributed by atoms with Crippen molar-refractivity contribution in [2.45, 2.75) is 18.7 Å². The van der Waals surface area contributed by atoms with Gasteiger partial charge in [-0.2, -0.15) is 0 Å². The highest BCUT2D eigenvalue weighted by molar-refractivity contribution is 7.89. The van der Waals surface area contributed by atoms with Crippen LogP contribution in [0.5, 0.6) is 0 Å². The summed E-state index contributed by atoms with van der Waals surface area (Å²) in [6.45, 7) is 5.53. The van der Waals surface area contributed by atoms with E-state index in [4.69, 9.17) is 10.5 Å². The van der Waals surface area contributed by atoms with Crippen molar-refractivity contribution in [2.75, 3.05) is 26.3 Å². The maximum absolute atomic E-state index is 12.1. The fourth-order valence-electron chi connectivity index (χ4n) is 1.54. The van der Waals surface area contributed by atoms with Crippen molar-refractivity contribution in [1.29, 1.82) is 0 Å². The van der Waals surface area contributed by atoms with E-state index in [0.717, 1.165) is 0 Å². The highest BCUT2D eigenvalue weighted by Gasteiger charge is 2.13. The number of hydrogen-bond acceptors (Lipinski definition) is 4. The Bertz CT molecular complexity index is 601. The van der Waals surface area contributed by atoms with Gasteiger partial charge in [0.15, 0.2) is 0 Å². The van der Waals surface area contributed by atoms with Crippen LogP contribution in [0.25, 0.3) is 0 Å². The number of sulfonamides is 1. The van der Waals surface area contributed by atoms with Gasteiger partial charge in [-0.15, -0.1) is 0 Å². The van der Waals surface area contributed by atoms with E-state index in [2.05, 4.69) is 16.6 Å². The Hall–Kier alpha value is -1.39. The Labute approximate surface area is 126 Å². The molecule has 0 radical (unpaired) electrons. The van der Waals surface area contributed by atoms with Crippen LogP contribution in [0.1, 0.15) is 19.4 Å². The molecular weight excluding hydrogens is 288 g/mol. The summed E-state index contributed by atoms with van der Waals surface area (Å²) in [5.74, 6) is 5.94. The van der Waals surface area contributed by atoms with Gasteiger partial charge in [-0.3, -0.25) is 0 Å². The van der Waals surface area contributed by atoms with E-state index in [1.165, 1.54) is 12.1 Å². The number of benzene rings is 1. The second kappa shape index (κ2) is 8.80. The van der Waals surface area contributed by atoms with Gasteiger partial charge >= 0.3 is 0 Å². The van der Waals surface area contributed by atoms with Gasteiger partial charge in [-0.25, -0.2) is 13.1 Å². The van der Waals surface area contributed by atoms with Crippen molar-refractivity contribution in [1.82, 2.24) is 4.72 Å². The lowest BCUT2D eigenvalue weighted by Gasteiger charge is -2.09. The highest BCUT2D eigenvalue weighted by Crippen LogP contribution is 2.10. The molecular formula is C15H22N2O3S. The normalized spacial score (nSPS) is 11.2. The first kappa shape index (κ1) is 17.7. The molecule has 6 heteroatoms. The topological polar surface area (TPSA) is 81.4 Å². The zero-order valence-corrected chi connectivity index (χ0v) is 13.2. The van der Waals surface area contributed by atoms with E-state index >= 15 is 0 Å². The van der Waals surface area contributed by atoms with Crippen molar-refractivity contribution in [3.8, 4) is 11.8 Å². The molecule has 1 aromatic carbocycles. The largest absolute Gasteiger partial charge is 0.380 e. The smallest absolute Gasteiger partial charge is 0.240 e. The summed E-state index contributed by atoms with van der Waals surface area (Å²) in [4.78, 5) is 0.190. The lowest BCUT2D eigenvalue weighted by atomic mass is 10.2. The van der Waals surface area contributed by atoms with Gasteiger partial charge in [0, 0.05) is 18.7 Å². The Morgan fingerprint density at radius 2 is 2.14 bits per heavy atom. The van der Waals surface area contributed by atoms with Crippen molar-refractivity contribution >= 4 is 10.0 Å². The van der Waals surface area contributed by atoms with E-state index in [0.29, 0.717) is 24.7 Å². The number of nitrogens with two attached hydrogens (primary N) is 1. The molecule has 0 aliphatic heterocycles. The third-order valence-corrected chi connectivity index (χ3v) is 3.93. The summed E-state index contributed by atoms with van der Waals surface area (Å²) in [5.41, 5.74) is 5.92. The number of rotatable bonds is 7. The Balaban J connectivity index is 2.61. The average Bonchev–Trinajstić information content (AvgIpc) is 2.44. The summed E-state index contributed by atoms with van der Waals surface area (Å²) >= 11 is 0. The summed E-state index contributed by atoms with van der Waals surface area (Å²) in [5, 5.41) is 0. The molecule has 0 aromatic heterocycles. The van der Waals surface area contributed by atoms with Crippen LogP contribution in [0.3, 0.4) is 0 Å². The fourth-order valence-corrected chi connectivity index (χ4v) is 2.60. The predicted octanol–water partition coefficient (Wildman–Crippen LogP) is 0.948. The molecule has 1 rings (SSSR count). The van der Waals surface area contributed by atoms with Crippen LogP contribution in [0, 0.1) is 17.8 Å². The van der Waals surface area contributed by atoms with Gasteiger partial charge in [0.1, 0.15) is 0 Å². The molecule has 3 N–H and O–H groups in total. The first-order valence-corrected chi connectivity index (χ1v) is 8.30. The zero-order valence-electron chi connectivity index (χ0n) is 12.4. The molecule has 1 aromatic rings. The maximum Gasteiger partial charge on any atom is 0.240 e. The van der Waals surface area contributed by atoms with Crippen molar-refractivity contribution in [2.24, 2.45) is 11.7 Å². The lowest BCUT2D eigenvalue weighted by Crippen LogP contribution is -2.27. The lowest BCUT2D eigenvalue weighted by molar-refractivity contribution is 0.114. The van der Waals surface area contributed by atoms with E-state index in [9.17, 15) is 8.42 Å². The Kier molecular flexibility index (Phi) is 7.40. The number of nitrogens with one attached hydrogen (secondary N) is 1. The maximum atomic E-state index is 12.1. The Morgan fingerprint density at radius 3 is 2.81 bits per heavy atom. The molecule has 0 spiro atoms. The highest BCUT2D eigenvalue weighted by atomic mass is 32.2. The molecule has 0 fully saturated rings. The fraction of sp³-hybridized carbons (Fsp3) is 0.467. The summed E-state index contributed by atoms with van der Waals surface area (Å²) in [7, 11) is -3.54. The standard InChI is InChI=1S/C15H22N2O3S/c1-13(2)12-20-10-9-17-21(18,19)15-7-3-5-14(11-15)6-4-8-16/h3,5,7,11,13,17H,8-10,12,16H2,1-2H3. The molecule has 0 aliphatic rings. The SMILES string of the molecule is CC(C)COCCNS(=O)(=O)c1cccc(C#CCN)c1. The molecule has 0 amide bonds. The van der Waals surface area contributed by atoms with E-state index in [1.807, 2.05) is 13.8 Å². The molecule has 21 heavy (non-hydrogen) atoms. The molecule has 0 heterocycles. The quantitative estimate of drug-likeness (QED) is 0.580. The van der Waals surface area contributed by atoms with Crippen LogP contribution in [0.4, 0.5) is 0 Å². The van der Waals surface area contributed by atoms with Gasteiger partial charge in [0.25, 0.3) is 0 Å². The monoisotopic (exact) mass is 310 g/mol. The van der Waals surface area contributed by atoms with Crippen molar-refractivity contribution in [3.63, 3.8) is 0 Å². The van der Waals surface area contributed by atoms with Gasteiger partial charge in [0.05, 0.1) is 18.0 Å². The first-order valence-electron chi connectivity index (χ1n) is 6.82. The van der Waals surface area contributed by atoms with Gasteiger partial charge in [-0.1, -0.05) is 31.8 Å². The zero-order chi connectivity index (χ0) is 15.7. The van der Waals surface area contributed by atoms with Crippen LogP contribution in [0.15, 0.2) is 29.2 Å². The van der Waals surface area contributed by atoms with Crippen LogP contribution in [-0.2, 0) is 14.8 Å². The van der Waals surface area contributed by atoms with E-state index < -0.39 is 10.0 Å². The number of hydrogen-bond donors (Lipinski definition) is 2. The summed E-state index contributed by atoms with van der Waals surface area (Å²) < 4.78 is 32.1. The van der Waals surface area contributed by atoms with Crippen LogP contribution in [-0.4, -0.2) is 34.7 Å². The van der Waals surface area contributed by atoms with Gasteiger partial charge in [-0.05, 0) is 24.1 Å². The Morgan fingerprint density at radius 1 is 1.38 bits per heavy atom. The van der Waals surface area contributed by atoms with Crippen LogP contribution < -0.4 is 10.5 Å². The molecule has 0 aliphatic carbocycles. The molecule has 0 bridgehead atoms. The molecule has 0 saturated carbocycles. The summed E-state index contributed by atoms with van der Waals surface area (Å²) in [6.07, 6.45) is 0. The second-order valence-corrected chi connectivity index (χ2v) is 6.67. The third kappa shape index (κ3) is 6.74. The molecule has 0 atom stereocenters. The third-order valence-electron chi connectivity index (χ3n) is 2.47.